The molecule has 9 heteroatoms. The molecule has 23 heavy (non-hydrogen) atoms. The van der Waals surface area contributed by atoms with Crippen molar-refractivity contribution in [1.29, 1.82) is 0 Å². The Morgan fingerprint density at radius 2 is 2.09 bits per heavy atom. The molecule has 0 bridgehead atoms. The van der Waals surface area contributed by atoms with Gasteiger partial charge in [-0.15, -0.1) is 5.10 Å². The first-order chi connectivity index (χ1) is 10.7. The molecule has 2 heterocycles. The van der Waals surface area contributed by atoms with Gasteiger partial charge in [-0.05, 0) is 33.8 Å². The molecule has 0 saturated heterocycles. The lowest BCUT2D eigenvalue weighted by molar-refractivity contribution is 0.0529. The Bertz CT molecular complexity index is 747. The number of hydrogen-bond donors (Lipinski definition) is 2. The van der Waals surface area contributed by atoms with Crippen LogP contribution in [-0.2, 0) is 9.47 Å². The maximum atomic E-state index is 12.2. The summed E-state index contributed by atoms with van der Waals surface area (Å²) in [6.45, 7) is 7.02. The number of carbonyl (C=O) groups is 2. The number of nitrogen functional groups attached to an aromatic ring is 1. The van der Waals surface area contributed by atoms with Crippen molar-refractivity contribution in [3.05, 3.63) is 17.8 Å². The topological polar surface area (TPSA) is 121 Å². The molecule has 2 aromatic heterocycles. The van der Waals surface area contributed by atoms with Crippen LogP contribution in [0.4, 0.5) is 16.4 Å². The van der Waals surface area contributed by atoms with Gasteiger partial charge < -0.3 is 15.2 Å². The lowest BCUT2D eigenvalue weighted by Crippen LogP contribution is -2.28. The molecule has 0 radical (unpaired) electrons. The highest BCUT2D eigenvalue weighted by molar-refractivity contribution is 6.04. The smallest absolute Gasteiger partial charge is 0.413 e. The van der Waals surface area contributed by atoms with Crippen molar-refractivity contribution in [3.63, 3.8) is 0 Å². The van der Waals surface area contributed by atoms with E-state index in [1.54, 1.807) is 27.7 Å². The number of nitrogens with zero attached hydrogens (tertiary/aromatic N) is 3. The molecule has 0 atom stereocenters. The lowest BCUT2D eigenvalue weighted by Gasteiger charge is -2.19. The zero-order valence-corrected chi connectivity index (χ0v) is 13.4. The van der Waals surface area contributed by atoms with Gasteiger partial charge >= 0.3 is 12.1 Å². The van der Waals surface area contributed by atoms with Crippen LogP contribution in [0.1, 0.15) is 38.1 Å². The fraction of sp³-hybridized carbons (Fsp3) is 0.429. The van der Waals surface area contributed by atoms with Gasteiger partial charge in [0.25, 0.3) is 0 Å². The molecule has 0 aromatic carbocycles. The minimum Gasteiger partial charge on any atom is -0.462 e. The van der Waals surface area contributed by atoms with Gasteiger partial charge in [-0.2, -0.15) is 0 Å². The monoisotopic (exact) mass is 321 g/mol. The average Bonchev–Trinajstić information content (AvgIpc) is 2.73. The number of carbonyl (C=O) groups excluding carboxylic acids is 2. The number of amides is 1. The Balaban J connectivity index is 2.43. The predicted octanol–water partition coefficient (Wildman–Crippen LogP) is 1.84. The molecule has 1 amide bonds. The first-order valence-corrected chi connectivity index (χ1v) is 7.03. The van der Waals surface area contributed by atoms with E-state index in [1.807, 2.05) is 0 Å². The highest BCUT2D eigenvalue weighted by atomic mass is 16.6. The van der Waals surface area contributed by atoms with Gasteiger partial charge in [0.1, 0.15) is 17.0 Å². The minimum absolute atomic E-state index is 0.00389. The number of ether oxygens (including phenoxy) is 2. The van der Waals surface area contributed by atoms with E-state index in [0.29, 0.717) is 0 Å². The van der Waals surface area contributed by atoms with Gasteiger partial charge in [-0.1, -0.05) is 0 Å². The standard InChI is InChI=1S/C14H19N5O4/c1-5-22-12(20)9-10(17-13(21)23-14(2,3)4)18-19-7-6-8(15)16-11(9)19/h6-7H,5H2,1-4H3,(H2,15,16)(H,17,18,21). The Morgan fingerprint density at radius 1 is 1.39 bits per heavy atom. The maximum absolute atomic E-state index is 12.2. The van der Waals surface area contributed by atoms with Crippen molar-refractivity contribution in [2.45, 2.75) is 33.3 Å². The third kappa shape index (κ3) is 3.87. The van der Waals surface area contributed by atoms with E-state index < -0.39 is 17.7 Å². The summed E-state index contributed by atoms with van der Waals surface area (Å²) in [6, 6.07) is 1.52. The van der Waals surface area contributed by atoms with Crippen LogP contribution in [-0.4, -0.2) is 38.9 Å². The summed E-state index contributed by atoms with van der Waals surface area (Å²) < 4.78 is 11.5. The Morgan fingerprint density at radius 3 is 2.70 bits per heavy atom. The quantitative estimate of drug-likeness (QED) is 0.827. The van der Waals surface area contributed by atoms with Crippen molar-refractivity contribution in [2.24, 2.45) is 0 Å². The number of anilines is 2. The molecule has 2 rings (SSSR count). The third-order valence-corrected chi connectivity index (χ3v) is 2.61. The van der Waals surface area contributed by atoms with E-state index in [9.17, 15) is 9.59 Å². The first kappa shape index (κ1) is 16.5. The summed E-state index contributed by atoms with van der Waals surface area (Å²) >= 11 is 0. The van der Waals surface area contributed by atoms with Crippen molar-refractivity contribution in [3.8, 4) is 0 Å². The summed E-state index contributed by atoms with van der Waals surface area (Å²) in [5.41, 5.74) is 5.17. The Kier molecular flexibility index (Phi) is 4.39. The van der Waals surface area contributed by atoms with Crippen LogP contribution in [0.25, 0.3) is 5.65 Å². The summed E-state index contributed by atoms with van der Waals surface area (Å²) in [5.74, 6) is -0.450. The molecule has 124 valence electrons. The maximum Gasteiger partial charge on any atom is 0.413 e. The second kappa shape index (κ2) is 6.11. The third-order valence-electron chi connectivity index (χ3n) is 2.61. The summed E-state index contributed by atoms with van der Waals surface area (Å²) in [5, 5.41) is 6.55. The van der Waals surface area contributed by atoms with Gasteiger partial charge in [0.2, 0.25) is 0 Å². The minimum atomic E-state index is -0.737. The highest BCUT2D eigenvalue weighted by Gasteiger charge is 2.25. The molecular weight excluding hydrogens is 302 g/mol. The number of fused-ring (bicyclic) bond motifs is 1. The van der Waals surface area contributed by atoms with Crippen molar-refractivity contribution < 1.29 is 19.1 Å². The van der Waals surface area contributed by atoms with Crippen LogP contribution in [0.3, 0.4) is 0 Å². The number of nitrogens with one attached hydrogen (secondary N) is 1. The molecule has 0 saturated carbocycles. The van der Waals surface area contributed by atoms with Crippen LogP contribution < -0.4 is 11.1 Å². The number of esters is 1. The first-order valence-electron chi connectivity index (χ1n) is 7.03. The Labute approximate surface area is 132 Å². The van der Waals surface area contributed by atoms with Crippen molar-refractivity contribution >= 4 is 29.3 Å². The van der Waals surface area contributed by atoms with E-state index in [-0.39, 0.29) is 29.5 Å². The van der Waals surface area contributed by atoms with Crippen LogP contribution in [0, 0.1) is 0 Å². The second-order valence-electron chi connectivity index (χ2n) is 5.69. The lowest BCUT2D eigenvalue weighted by atomic mass is 10.2. The normalized spacial score (nSPS) is 11.3. The molecule has 3 N–H and O–H groups in total. The molecule has 0 spiro atoms. The largest absolute Gasteiger partial charge is 0.462 e. The van der Waals surface area contributed by atoms with E-state index in [4.69, 9.17) is 15.2 Å². The summed E-state index contributed by atoms with van der Waals surface area (Å²) in [4.78, 5) is 28.2. The molecule has 0 aliphatic rings. The molecule has 0 aliphatic heterocycles. The molecule has 0 unspecified atom stereocenters. The van der Waals surface area contributed by atoms with Crippen LogP contribution >= 0.6 is 0 Å². The van der Waals surface area contributed by atoms with Crippen molar-refractivity contribution in [2.75, 3.05) is 17.7 Å². The Hall–Kier alpha value is -2.84. The predicted molar refractivity (Wildman–Crippen MR) is 83.2 cm³/mol. The summed E-state index contributed by atoms with van der Waals surface area (Å²) in [6.07, 6.45) is 0.792. The molecular formula is C14H19N5O4. The fourth-order valence-electron chi connectivity index (χ4n) is 1.82. The van der Waals surface area contributed by atoms with Gasteiger partial charge in [0.15, 0.2) is 11.5 Å². The number of rotatable bonds is 3. The van der Waals surface area contributed by atoms with E-state index in [2.05, 4.69) is 15.4 Å². The van der Waals surface area contributed by atoms with Crippen LogP contribution in [0.2, 0.25) is 0 Å². The van der Waals surface area contributed by atoms with Gasteiger partial charge in [0, 0.05) is 6.20 Å². The highest BCUT2D eigenvalue weighted by Crippen LogP contribution is 2.22. The van der Waals surface area contributed by atoms with E-state index in [0.717, 1.165) is 0 Å². The number of aromatic nitrogens is 3. The molecule has 2 aromatic rings. The second-order valence-corrected chi connectivity index (χ2v) is 5.69. The van der Waals surface area contributed by atoms with E-state index >= 15 is 0 Å². The van der Waals surface area contributed by atoms with E-state index in [1.165, 1.54) is 16.8 Å². The number of nitrogens with two attached hydrogens (primary N) is 1. The SMILES string of the molecule is CCOC(=O)c1c(NC(=O)OC(C)(C)C)nn2ccc(N)nc12. The van der Waals surface area contributed by atoms with Gasteiger partial charge in [-0.3, -0.25) is 5.32 Å². The fourth-order valence-corrected chi connectivity index (χ4v) is 1.82. The van der Waals surface area contributed by atoms with Gasteiger partial charge in [0.05, 0.1) is 6.61 Å². The summed E-state index contributed by atoms with van der Waals surface area (Å²) in [7, 11) is 0. The molecule has 0 aliphatic carbocycles. The van der Waals surface area contributed by atoms with Gasteiger partial charge in [-0.25, -0.2) is 19.1 Å². The zero-order valence-electron chi connectivity index (χ0n) is 13.4. The molecule has 9 nitrogen and oxygen atoms in total. The van der Waals surface area contributed by atoms with Crippen LogP contribution in [0.5, 0.6) is 0 Å². The average molecular weight is 321 g/mol. The van der Waals surface area contributed by atoms with Crippen molar-refractivity contribution in [1.82, 2.24) is 14.6 Å². The van der Waals surface area contributed by atoms with Crippen LogP contribution in [0.15, 0.2) is 12.3 Å². The number of hydrogen-bond acceptors (Lipinski definition) is 7. The zero-order chi connectivity index (χ0) is 17.2. The molecule has 0 fully saturated rings.